The van der Waals surface area contributed by atoms with Crippen LogP contribution in [0.15, 0.2) is 71.6 Å². The molecule has 0 aliphatic heterocycles. The van der Waals surface area contributed by atoms with E-state index in [0.717, 1.165) is 23.1 Å². The van der Waals surface area contributed by atoms with E-state index in [2.05, 4.69) is 10.0 Å². The minimum atomic E-state index is -3.78. The zero-order valence-electron chi connectivity index (χ0n) is 17.6. The van der Waals surface area contributed by atoms with E-state index in [1.807, 2.05) is 45.0 Å². The first-order valence-corrected chi connectivity index (χ1v) is 11.8. The lowest BCUT2D eigenvalue weighted by Gasteiger charge is -2.18. The van der Waals surface area contributed by atoms with E-state index in [0.29, 0.717) is 5.56 Å². The number of anilines is 1. The highest BCUT2D eigenvalue weighted by molar-refractivity contribution is 7.92. The van der Waals surface area contributed by atoms with Gasteiger partial charge in [-0.2, -0.15) is 0 Å². The van der Waals surface area contributed by atoms with Crippen molar-refractivity contribution in [3.8, 4) is 0 Å². The molecule has 1 amide bonds. The first kappa shape index (κ1) is 22.8. The molecule has 0 aliphatic rings. The number of carbonyl (C=O) groups is 1. The van der Waals surface area contributed by atoms with Crippen molar-refractivity contribution >= 4 is 33.2 Å². The summed E-state index contributed by atoms with van der Waals surface area (Å²) in [5.41, 5.74) is 3.71. The van der Waals surface area contributed by atoms with Gasteiger partial charge in [-0.25, -0.2) is 8.42 Å². The van der Waals surface area contributed by atoms with Crippen molar-refractivity contribution in [3.05, 3.63) is 94.0 Å². The van der Waals surface area contributed by atoms with Gasteiger partial charge in [0.05, 0.1) is 21.6 Å². The third-order valence-electron chi connectivity index (χ3n) is 5.00. The van der Waals surface area contributed by atoms with Crippen LogP contribution in [0.5, 0.6) is 0 Å². The van der Waals surface area contributed by atoms with Crippen molar-refractivity contribution in [3.63, 3.8) is 0 Å². The number of amides is 1. The third-order valence-corrected chi connectivity index (χ3v) is 6.69. The van der Waals surface area contributed by atoms with E-state index in [-0.39, 0.29) is 27.6 Å². The Morgan fingerprint density at radius 1 is 0.935 bits per heavy atom. The summed E-state index contributed by atoms with van der Waals surface area (Å²) < 4.78 is 27.7. The van der Waals surface area contributed by atoms with Gasteiger partial charge in [-0.15, -0.1) is 0 Å². The van der Waals surface area contributed by atoms with Crippen LogP contribution in [0.3, 0.4) is 0 Å². The van der Waals surface area contributed by atoms with Crippen molar-refractivity contribution in [2.75, 3.05) is 4.72 Å². The Labute approximate surface area is 188 Å². The molecule has 7 heteroatoms. The summed E-state index contributed by atoms with van der Waals surface area (Å²) in [5.74, 6) is -0.276. The average Bonchev–Trinajstić information content (AvgIpc) is 2.74. The van der Waals surface area contributed by atoms with E-state index >= 15 is 0 Å². The number of hydrogen-bond donors (Lipinski definition) is 2. The second kappa shape index (κ2) is 9.54. The van der Waals surface area contributed by atoms with E-state index in [1.54, 1.807) is 18.2 Å². The minimum absolute atomic E-state index is 0.133. The molecule has 0 unspecified atom stereocenters. The Morgan fingerprint density at radius 2 is 1.52 bits per heavy atom. The number of sulfonamides is 1. The Balaban J connectivity index is 1.75. The lowest BCUT2D eigenvalue weighted by atomic mass is 10.0. The van der Waals surface area contributed by atoms with Gasteiger partial charge in [0.15, 0.2) is 0 Å². The van der Waals surface area contributed by atoms with Crippen molar-refractivity contribution in [2.45, 2.75) is 38.1 Å². The summed E-state index contributed by atoms with van der Waals surface area (Å²) >= 11 is 6.29. The van der Waals surface area contributed by atoms with Gasteiger partial charge in [-0.3, -0.25) is 9.52 Å². The molecule has 2 N–H and O–H groups in total. The highest BCUT2D eigenvalue weighted by atomic mass is 35.5. The van der Waals surface area contributed by atoms with E-state index in [9.17, 15) is 13.2 Å². The van der Waals surface area contributed by atoms with Crippen LogP contribution in [-0.2, 0) is 10.0 Å². The molecule has 0 heterocycles. The normalized spacial score (nSPS) is 12.3. The van der Waals surface area contributed by atoms with E-state index in [1.165, 1.54) is 24.3 Å². The maximum absolute atomic E-state index is 12.7. The topological polar surface area (TPSA) is 75.3 Å². The van der Waals surface area contributed by atoms with Crippen molar-refractivity contribution in [1.82, 2.24) is 5.32 Å². The van der Waals surface area contributed by atoms with Gasteiger partial charge in [0, 0.05) is 5.56 Å². The summed E-state index contributed by atoms with van der Waals surface area (Å²) in [6, 6.07) is 18.9. The molecule has 0 fully saturated rings. The fraction of sp³-hybridized carbons (Fsp3) is 0.208. The maximum atomic E-state index is 12.7. The first-order chi connectivity index (χ1) is 14.7. The fourth-order valence-electron chi connectivity index (χ4n) is 3.12. The third kappa shape index (κ3) is 5.66. The molecule has 31 heavy (non-hydrogen) atoms. The van der Waals surface area contributed by atoms with Crippen LogP contribution < -0.4 is 10.0 Å². The summed E-state index contributed by atoms with van der Waals surface area (Å²) in [7, 11) is -3.78. The summed E-state index contributed by atoms with van der Waals surface area (Å²) in [4.78, 5) is 12.9. The zero-order chi connectivity index (χ0) is 22.6. The monoisotopic (exact) mass is 456 g/mol. The number of halogens is 1. The standard InChI is InChI=1S/C24H25ClN2O3S/c1-4-22(18-9-5-16(2)6-10-18)26-24(28)19-11-14-23(21(25)15-19)27-31(29,30)20-12-7-17(3)8-13-20/h5-15,22,27H,4H2,1-3H3,(H,26,28)/t22-/m1/s1. The van der Waals surface area contributed by atoms with Gasteiger partial charge in [-0.1, -0.05) is 66.0 Å². The van der Waals surface area contributed by atoms with Crippen molar-refractivity contribution < 1.29 is 13.2 Å². The number of nitrogens with one attached hydrogen (secondary N) is 2. The number of hydrogen-bond acceptors (Lipinski definition) is 3. The molecular formula is C24H25ClN2O3S. The molecular weight excluding hydrogens is 432 g/mol. The van der Waals surface area contributed by atoms with E-state index in [4.69, 9.17) is 11.6 Å². The van der Waals surface area contributed by atoms with Crippen LogP contribution in [0.4, 0.5) is 5.69 Å². The molecule has 0 spiro atoms. The molecule has 0 saturated heterocycles. The molecule has 0 aliphatic carbocycles. The predicted octanol–water partition coefficient (Wildman–Crippen LogP) is 5.64. The molecule has 0 bridgehead atoms. The molecule has 0 saturated carbocycles. The van der Waals surface area contributed by atoms with Crippen LogP contribution >= 0.6 is 11.6 Å². The van der Waals surface area contributed by atoms with E-state index < -0.39 is 10.0 Å². The van der Waals surface area contributed by atoms with Gasteiger partial charge in [0.2, 0.25) is 0 Å². The van der Waals surface area contributed by atoms with Crippen LogP contribution in [0.1, 0.15) is 46.4 Å². The molecule has 3 aromatic carbocycles. The van der Waals surface area contributed by atoms with Crippen LogP contribution in [0.2, 0.25) is 5.02 Å². The fourth-order valence-corrected chi connectivity index (χ4v) is 4.49. The molecule has 162 valence electrons. The number of benzene rings is 3. The molecule has 5 nitrogen and oxygen atoms in total. The second-order valence-corrected chi connectivity index (χ2v) is 9.55. The summed E-state index contributed by atoms with van der Waals surface area (Å²) in [6.45, 7) is 5.90. The lowest BCUT2D eigenvalue weighted by molar-refractivity contribution is 0.0935. The molecule has 3 aromatic rings. The Bertz CT molecular complexity index is 1170. The first-order valence-electron chi connectivity index (χ1n) is 9.96. The van der Waals surface area contributed by atoms with Gasteiger partial charge in [0.25, 0.3) is 15.9 Å². The minimum Gasteiger partial charge on any atom is -0.345 e. The SMILES string of the molecule is CC[C@@H](NC(=O)c1ccc(NS(=O)(=O)c2ccc(C)cc2)c(Cl)c1)c1ccc(C)cc1. The predicted molar refractivity (Wildman–Crippen MR) is 125 cm³/mol. The second-order valence-electron chi connectivity index (χ2n) is 7.46. The van der Waals surface area contributed by atoms with Crippen LogP contribution in [-0.4, -0.2) is 14.3 Å². The van der Waals surface area contributed by atoms with Crippen LogP contribution in [0.25, 0.3) is 0 Å². The highest BCUT2D eigenvalue weighted by Crippen LogP contribution is 2.27. The van der Waals surface area contributed by atoms with Gasteiger partial charge >= 0.3 is 0 Å². The Hall–Kier alpha value is -2.83. The molecule has 3 rings (SSSR count). The lowest BCUT2D eigenvalue weighted by Crippen LogP contribution is -2.28. The number of carbonyl (C=O) groups excluding carboxylic acids is 1. The summed E-state index contributed by atoms with van der Waals surface area (Å²) in [6.07, 6.45) is 0.733. The zero-order valence-corrected chi connectivity index (χ0v) is 19.2. The smallest absolute Gasteiger partial charge is 0.261 e. The van der Waals surface area contributed by atoms with Crippen LogP contribution in [0, 0.1) is 13.8 Å². The average molecular weight is 457 g/mol. The molecule has 0 radical (unpaired) electrons. The number of aryl methyl sites for hydroxylation is 2. The Morgan fingerprint density at radius 3 is 2.06 bits per heavy atom. The van der Waals surface area contributed by atoms with Crippen molar-refractivity contribution in [1.29, 1.82) is 0 Å². The number of rotatable bonds is 7. The molecule has 1 atom stereocenters. The maximum Gasteiger partial charge on any atom is 0.261 e. The largest absolute Gasteiger partial charge is 0.345 e. The quantitative estimate of drug-likeness (QED) is 0.483. The van der Waals surface area contributed by atoms with Crippen molar-refractivity contribution in [2.24, 2.45) is 0 Å². The highest BCUT2D eigenvalue weighted by Gasteiger charge is 2.18. The summed E-state index contributed by atoms with van der Waals surface area (Å²) in [5, 5.41) is 3.15. The van der Waals surface area contributed by atoms with Gasteiger partial charge < -0.3 is 5.32 Å². The van der Waals surface area contributed by atoms with Gasteiger partial charge in [-0.05, 0) is 56.2 Å². The Kier molecular flexibility index (Phi) is 7.03. The van der Waals surface area contributed by atoms with Gasteiger partial charge in [0.1, 0.15) is 0 Å². The molecule has 0 aromatic heterocycles.